The van der Waals surface area contributed by atoms with Crippen LogP contribution in [-0.4, -0.2) is 40.4 Å². The fourth-order valence-electron chi connectivity index (χ4n) is 2.51. The molecule has 0 unspecified atom stereocenters. The zero-order valence-electron chi connectivity index (χ0n) is 11.3. The van der Waals surface area contributed by atoms with Gasteiger partial charge in [-0.1, -0.05) is 28.7 Å². The molecule has 2 aliphatic heterocycles. The van der Waals surface area contributed by atoms with Crippen molar-refractivity contribution in [2.45, 2.75) is 63.7 Å². The second kappa shape index (κ2) is 5.01. The lowest BCUT2D eigenvalue weighted by Crippen LogP contribution is -2.42. The first kappa shape index (κ1) is 14.7. The SMILES string of the molecule is C=C[C@@H]1OC(C)(C)O[C@H]1[C@@H]1OC(C)(C)O[C@@H]1CI. The van der Waals surface area contributed by atoms with Crippen molar-refractivity contribution in [3.63, 3.8) is 0 Å². The molecule has 0 aromatic carbocycles. The van der Waals surface area contributed by atoms with Gasteiger partial charge in [-0.3, -0.25) is 0 Å². The van der Waals surface area contributed by atoms with Crippen LogP contribution < -0.4 is 0 Å². The van der Waals surface area contributed by atoms with Crippen LogP contribution in [0, 0.1) is 0 Å². The van der Waals surface area contributed by atoms with Crippen LogP contribution in [0.2, 0.25) is 0 Å². The molecular formula is C13H21IO4. The number of halogens is 1. The average molecular weight is 368 g/mol. The highest BCUT2D eigenvalue weighted by molar-refractivity contribution is 14.1. The molecule has 2 rings (SSSR count). The molecule has 0 aromatic heterocycles. The van der Waals surface area contributed by atoms with Crippen molar-refractivity contribution in [2.75, 3.05) is 4.43 Å². The van der Waals surface area contributed by atoms with Crippen LogP contribution in [0.25, 0.3) is 0 Å². The van der Waals surface area contributed by atoms with Gasteiger partial charge in [0, 0.05) is 4.43 Å². The van der Waals surface area contributed by atoms with Crippen molar-refractivity contribution in [1.29, 1.82) is 0 Å². The van der Waals surface area contributed by atoms with Crippen LogP contribution in [0.15, 0.2) is 12.7 Å². The second-order valence-electron chi connectivity index (χ2n) is 5.59. The lowest BCUT2D eigenvalue weighted by molar-refractivity contribution is -0.174. The van der Waals surface area contributed by atoms with E-state index in [0.29, 0.717) is 0 Å². The molecule has 4 atom stereocenters. The molecule has 2 aliphatic rings. The Morgan fingerprint density at radius 1 is 1.00 bits per heavy atom. The van der Waals surface area contributed by atoms with Gasteiger partial charge in [0.05, 0.1) is 6.10 Å². The van der Waals surface area contributed by atoms with Gasteiger partial charge in [0.1, 0.15) is 18.3 Å². The Hall–Kier alpha value is 0.310. The fourth-order valence-corrected chi connectivity index (χ4v) is 3.20. The maximum atomic E-state index is 5.98. The number of rotatable bonds is 3. The highest BCUT2D eigenvalue weighted by Gasteiger charge is 2.52. The predicted molar refractivity (Wildman–Crippen MR) is 76.7 cm³/mol. The third-order valence-corrected chi connectivity index (χ3v) is 3.96. The van der Waals surface area contributed by atoms with Crippen molar-refractivity contribution >= 4 is 22.6 Å². The molecule has 104 valence electrons. The van der Waals surface area contributed by atoms with Crippen LogP contribution in [0.1, 0.15) is 27.7 Å². The quantitative estimate of drug-likeness (QED) is 0.436. The van der Waals surface area contributed by atoms with Gasteiger partial charge in [0.25, 0.3) is 0 Å². The Morgan fingerprint density at radius 2 is 1.56 bits per heavy atom. The summed E-state index contributed by atoms with van der Waals surface area (Å²) in [4.78, 5) is 0. The molecule has 5 heteroatoms. The van der Waals surface area contributed by atoms with E-state index in [-0.39, 0.29) is 24.4 Å². The molecule has 0 bridgehead atoms. The van der Waals surface area contributed by atoms with E-state index in [9.17, 15) is 0 Å². The Bertz CT molecular complexity index is 329. The standard InChI is InChI=1S/C13H21IO4/c1-6-8-10(17-12(2,3)15-8)11-9(7-14)16-13(4,5)18-11/h6,8-11H,1,7H2,2-5H3/t8-,9+,10+,11+/m0/s1. The molecule has 2 fully saturated rings. The van der Waals surface area contributed by atoms with Gasteiger partial charge in [-0.25, -0.2) is 0 Å². The van der Waals surface area contributed by atoms with E-state index in [1.165, 1.54) is 0 Å². The zero-order valence-corrected chi connectivity index (χ0v) is 13.5. The van der Waals surface area contributed by atoms with E-state index in [1.54, 1.807) is 6.08 Å². The van der Waals surface area contributed by atoms with Crippen LogP contribution in [0.3, 0.4) is 0 Å². The summed E-state index contributed by atoms with van der Waals surface area (Å²) >= 11 is 2.31. The van der Waals surface area contributed by atoms with E-state index < -0.39 is 11.6 Å². The monoisotopic (exact) mass is 368 g/mol. The predicted octanol–water partition coefficient (Wildman–Crippen LogP) is 2.65. The minimum Gasteiger partial charge on any atom is -0.344 e. The normalized spacial score (nSPS) is 42.1. The van der Waals surface area contributed by atoms with Gasteiger partial charge in [-0.15, -0.1) is 6.58 Å². The summed E-state index contributed by atoms with van der Waals surface area (Å²) in [5.41, 5.74) is 0. The summed E-state index contributed by atoms with van der Waals surface area (Å²) in [7, 11) is 0. The van der Waals surface area contributed by atoms with Crippen LogP contribution >= 0.6 is 22.6 Å². The maximum Gasteiger partial charge on any atom is 0.164 e. The molecule has 18 heavy (non-hydrogen) atoms. The molecule has 0 spiro atoms. The summed E-state index contributed by atoms with van der Waals surface area (Å²) in [6.07, 6.45) is 1.34. The van der Waals surface area contributed by atoms with Crippen LogP contribution in [0.4, 0.5) is 0 Å². The molecule has 0 aliphatic carbocycles. The largest absolute Gasteiger partial charge is 0.344 e. The zero-order chi connectivity index (χ0) is 13.6. The minimum absolute atomic E-state index is 0.0190. The van der Waals surface area contributed by atoms with Crippen molar-refractivity contribution in [1.82, 2.24) is 0 Å². The molecule has 2 saturated heterocycles. The van der Waals surface area contributed by atoms with E-state index >= 15 is 0 Å². The first-order chi connectivity index (χ1) is 8.28. The molecule has 0 saturated carbocycles. The number of alkyl halides is 1. The molecule has 4 nitrogen and oxygen atoms in total. The van der Waals surface area contributed by atoms with Crippen molar-refractivity contribution in [3.8, 4) is 0 Å². The lowest BCUT2D eigenvalue weighted by atomic mass is 10.0. The molecule has 0 amide bonds. The number of hydrogen-bond donors (Lipinski definition) is 0. The van der Waals surface area contributed by atoms with Gasteiger partial charge in [-0.05, 0) is 27.7 Å². The minimum atomic E-state index is -0.602. The van der Waals surface area contributed by atoms with E-state index in [1.807, 2.05) is 27.7 Å². The number of hydrogen-bond acceptors (Lipinski definition) is 4. The summed E-state index contributed by atoms with van der Waals surface area (Å²) in [5.74, 6) is -1.17. The van der Waals surface area contributed by atoms with Gasteiger partial charge < -0.3 is 18.9 Å². The topological polar surface area (TPSA) is 36.9 Å². The highest BCUT2D eigenvalue weighted by Crippen LogP contribution is 2.39. The van der Waals surface area contributed by atoms with Gasteiger partial charge >= 0.3 is 0 Å². The Kier molecular flexibility index (Phi) is 4.10. The Labute approximate surface area is 122 Å². The highest BCUT2D eigenvalue weighted by atomic mass is 127. The third-order valence-electron chi connectivity index (χ3n) is 3.09. The first-order valence-electron chi connectivity index (χ1n) is 6.18. The van der Waals surface area contributed by atoms with E-state index in [0.717, 1.165) is 4.43 Å². The molecule has 0 aromatic rings. The van der Waals surface area contributed by atoms with E-state index in [4.69, 9.17) is 18.9 Å². The first-order valence-corrected chi connectivity index (χ1v) is 7.70. The van der Waals surface area contributed by atoms with Crippen LogP contribution in [0.5, 0.6) is 0 Å². The smallest absolute Gasteiger partial charge is 0.164 e. The lowest BCUT2D eigenvalue weighted by Gasteiger charge is -2.24. The molecule has 0 radical (unpaired) electrons. The van der Waals surface area contributed by atoms with Crippen molar-refractivity contribution in [3.05, 3.63) is 12.7 Å². The average Bonchev–Trinajstić information content (AvgIpc) is 2.74. The Morgan fingerprint density at radius 3 is 2.11 bits per heavy atom. The molecule has 2 heterocycles. The number of ether oxygens (including phenoxy) is 4. The summed E-state index contributed by atoms with van der Waals surface area (Å²) in [6, 6.07) is 0. The third kappa shape index (κ3) is 2.90. The van der Waals surface area contributed by atoms with Crippen LogP contribution in [-0.2, 0) is 18.9 Å². The molecule has 0 N–H and O–H groups in total. The van der Waals surface area contributed by atoms with Crippen molar-refractivity contribution in [2.24, 2.45) is 0 Å². The summed E-state index contributed by atoms with van der Waals surface area (Å²) < 4.78 is 24.5. The van der Waals surface area contributed by atoms with Gasteiger partial charge in [-0.2, -0.15) is 0 Å². The Balaban J connectivity index is 2.17. The van der Waals surface area contributed by atoms with Gasteiger partial charge in [0.15, 0.2) is 11.6 Å². The summed E-state index contributed by atoms with van der Waals surface area (Å²) in [5, 5.41) is 0. The maximum absolute atomic E-state index is 5.98. The van der Waals surface area contributed by atoms with E-state index in [2.05, 4.69) is 29.2 Å². The summed E-state index contributed by atoms with van der Waals surface area (Å²) in [6.45, 7) is 11.5. The fraction of sp³-hybridized carbons (Fsp3) is 0.846. The second-order valence-corrected chi connectivity index (χ2v) is 6.47. The van der Waals surface area contributed by atoms with Crippen molar-refractivity contribution < 1.29 is 18.9 Å². The molecular weight excluding hydrogens is 347 g/mol. The van der Waals surface area contributed by atoms with Gasteiger partial charge in [0.2, 0.25) is 0 Å².